The smallest absolute Gasteiger partial charge is 0.258 e. The molecule has 0 aliphatic carbocycles. The Bertz CT molecular complexity index is 1360. The lowest BCUT2D eigenvalue weighted by molar-refractivity contribution is -0.118. The molecule has 1 aromatic heterocycles. The number of amides is 1. The molecular weight excluding hydrogens is 466 g/mol. The molecule has 0 spiro atoms. The van der Waals surface area contributed by atoms with E-state index in [0.29, 0.717) is 30.3 Å². The van der Waals surface area contributed by atoms with Gasteiger partial charge in [-0.25, -0.2) is 0 Å². The van der Waals surface area contributed by atoms with E-state index >= 15 is 0 Å². The summed E-state index contributed by atoms with van der Waals surface area (Å²) in [6.45, 7) is 6.13. The van der Waals surface area contributed by atoms with Crippen LogP contribution in [0, 0.1) is 6.92 Å². The summed E-state index contributed by atoms with van der Waals surface area (Å²) < 4.78 is 11.0. The molecule has 37 heavy (non-hydrogen) atoms. The molecule has 0 bridgehead atoms. The van der Waals surface area contributed by atoms with Crippen molar-refractivity contribution in [3.05, 3.63) is 83.4 Å². The van der Waals surface area contributed by atoms with Gasteiger partial charge in [-0.2, -0.15) is 4.98 Å². The Kier molecular flexibility index (Phi) is 9.86. The van der Waals surface area contributed by atoms with Crippen LogP contribution < -0.4 is 5.73 Å². The summed E-state index contributed by atoms with van der Waals surface area (Å²) in [5.74, 6) is 0.676. The molecule has 0 saturated heterocycles. The Hall–Kier alpha value is -4.10. The topological polar surface area (TPSA) is 108 Å². The molecule has 0 aliphatic rings. The van der Waals surface area contributed by atoms with Crippen LogP contribution in [0.15, 0.2) is 71.3 Å². The number of aromatic nitrogens is 2. The van der Waals surface area contributed by atoms with Crippen LogP contribution in [0.1, 0.15) is 54.6 Å². The number of hydrogen-bond donors (Lipinski definition) is 1. The highest BCUT2D eigenvalue weighted by Crippen LogP contribution is 2.31. The van der Waals surface area contributed by atoms with Gasteiger partial charge in [0.05, 0.1) is 6.61 Å². The van der Waals surface area contributed by atoms with E-state index < -0.39 is 0 Å². The fourth-order valence-electron chi connectivity index (χ4n) is 3.83. The van der Waals surface area contributed by atoms with Crippen molar-refractivity contribution in [1.82, 2.24) is 10.1 Å². The molecular formula is C30H33N3O4. The maximum Gasteiger partial charge on any atom is 0.258 e. The predicted molar refractivity (Wildman–Crippen MR) is 145 cm³/mol. The molecule has 0 unspecified atom stereocenters. The van der Waals surface area contributed by atoms with E-state index in [1.165, 1.54) is 18.1 Å². The molecule has 4 aromatic rings. The summed E-state index contributed by atoms with van der Waals surface area (Å²) in [4.78, 5) is 26.2. The molecule has 2 N–H and O–H groups in total. The molecule has 7 nitrogen and oxygen atoms in total. The molecule has 7 heteroatoms. The average Bonchev–Trinajstić information content (AvgIpc) is 3.39. The molecule has 0 radical (unpaired) electrons. The highest BCUT2D eigenvalue weighted by atomic mass is 16.5. The number of nitrogens with zero attached hydrogens (tertiary/aromatic N) is 2. The summed E-state index contributed by atoms with van der Waals surface area (Å²) in [5.41, 5.74) is 11.6. The second kappa shape index (κ2) is 13.3. The van der Waals surface area contributed by atoms with Gasteiger partial charge in [0.1, 0.15) is 0 Å². The lowest BCUT2D eigenvalue weighted by atomic mass is 9.94. The first kappa shape index (κ1) is 27.5. The number of nitrogens with two attached hydrogens (primary N) is 1. The van der Waals surface area contributed by atoms with Crippen LogP contribution in [0.4, 0.5) is 0 Å². The average molecular weight is 500 g/mol. The number of carbonyl (C=O) groups excluding carboxylic acids is 2. The molecule has 0 fully saturated rings. The second-order valence-electron chi connectivity index (χ2n) is 8.75. The number of hydrogen-bond acceptors (Lipinski definition) is 6. The number of ketones is 1. The number of aryl methyl sites for hydroxylation is 1. The van der Waals surface area contributed by atoms with E-state index in [1.54, 1.807) is 19.2 Å². The number of methoxy groups -OCH3 is 1. The Morgan fingerprint density at radius 1 is 0.973 bits per heavy atom. The third-order valence-corrected chi connectivity index (χ3v) is 5.82. The van der Waals surface area contributed by atoms with Gasteiger partial charge >= 0.3 is 0 Å². The second-order valence-corrected chi connectivity index (χ2v) is 8.75. The molecule has 192 valence electrons. The largest absolute Gasteiger partial charge is 0.380 e. The maximum atomic E-state index is 11.7. The minimum absolute atomic E-state index is 0.00318. The van der Waals surface area contributed by atoms with Crippen molar-refractivity contribution in [1.29, 1.82) is 0 Å². The first-order valence-electron chi connectivity index (χ1n) is 12.3. The molecule has 1 amide bonds. The lowest BCUT2D eigenvalue weighted by Crippen LogP contribution is -2.09. The highest BCUT2D eigenvalue weighted by Gasteiger charge is 2.15. The van der Waals surface area contributed by atoms with Gasteiger partial charge in [0.25, 0.3) is 5.89 Å². The van der Waals surface area contributed by atoms with Crippen molar-refractivity contribution in [2.45, 2.75) is 46.6 Å². The molecule has 0 atom stereocenters. The first-order chi connectivity index (χ1) is 17.8. The Morgan fingerprint density at radius 3 is 2.41 bits per heavy atom. The number of benzene rings is 3. The molecule has 4 rings (SSSR count). The maximum absolute atomic E-state index is 11.7. The van der Waals surface area contributed by atoms with Gasteiger partial charge in [0.2, 0.25) is 11.7 Å². The number of ether oxygens (including phenoxy) is 1. The van der Waals surface area contributed by atoms with Crippen LogP contribution in [0.3, 0.4) is 0 Å². The molecule has 1 heterocycles. The van der Waals surface area contributed by atoms with Gasteiger partial charge in [-0.15, -0.1) is 0 Å². The minimum Gasteiger partial charge on any atom is -0.380 e. The summed E-state index contributed by atoms with van der Waals surface area (Å²) >= 11 is 0. The van der Waals surface area contributed by atoms with E-state index in [0.717, 1.165) is 35.1 Å². The normalized spacial score (nSPS) is 10.5. The van der Waals surface area contributed by atoms with Crippen LogP contribution in [0.2, 0.25) is 0 Å². The summed E-state index contributed by atoms with van der Waals surface area (Å²) in [6, 6.07) is 21.5. The predicted octanol–water partition coefficient (Wildman–Crippen LogP) is 6.39. The zero-order valence-corrected chi connectivity index (χ0v) is 21.8. The van der Waals surface area contributed by atoms with Crippen molar-refractivity contribution in [2.75, 3.05) is 7.11 Å². The van der Waals surface area contributed by atoms with Crippen molar-refractivity contribution >= 4 is 11.7 Å². The lowest BCUT2D eigenvalue weighted by Gasteiger charge is -2.12. The van der Waals surface area contributed by atoms with Crippen molar-refractivity contribution in [3.63, 3.8) is 0 Å². The molecule has 0 aliphatic heterocycles. The fourth-order valence-corrected chi connectivity index (χ4v) is 3.83. The third-order valence-electron chi connectivity index (χ3n) is 5.82. The third kappa shape index (κ3) is 7.44. The van der Waals surface area contributed by atoms with Crippen molar-refractivity contribution < 1.29 is 18.8 Å². The molecule has 3 aromatic carbocycles. The summed E-state index contributed by atoms with van der Waals surface area (Å²) in [6.07, 6.45) is 2.51. The van der Waals surface area contributed by atoms with Crippen LogP contribution in [0.25, 0.3) is 34.0 Å². The van der Waals surface area contributed by atoms with Crippen molar-refractivity contribution in [3.8, 4) is 34.0 Å². The fraction of sp³-hybridized carbons (Fsp3) is 0.267. The van der Waals surface area contributed by atoms with E-state index in [1.807, 2.05) is 43.3 Å². The number of carbonyl (C=O) groups is 2. The number of rotatable bonds is 9. The van der Waals surface area contributed by atoms with Gasteiger partial charge in [0, 0.05) is 30.2 Å². The zero-order valence-electron chi connectivity index (χ0n) is 21.8. The number of unbranched alkanes of at least 4 members (excludes halogenated alkanes) is 1. The zero-order chi connectivity index (χ0) is 26.8. The first-order valence-corrected chi connectivity index (χ1v) is 12.3. The number of Topliss-reactive ketones (excluding diaryl/α,β-unsaturated/α-hetero) is 1. The molecule has 0 saturated carbocycles. The Morgan fingerprint density at radius 2 is 1.76 bits per heavy atom. The minimum atomic E-state index is -0.193. The monoisotopic (exact) mass is 499 g/mol. The van der Waals surface area contributed by atoms with Crippen LogP contribution in [-0.4, -0.2) is 28.9 Å². The van der Waals surface area contributed by atoms with Crippen LogP contribution in [-0.2, 0) is 16.1 Å². The van der Waals surface area contributed by atoms with E-state index in [-0.39, 0.29) is 11.7 Å². The van der Waals surface area contributed by atoms with Gasteiger partial charge in [-0.05, 0) is 60.7 Å². The summed E-state index contributed by atoms with van der Waals surface area (Å²) in [5, 5.41) is 4.10. The standard InChI is InChI=1S/C25H22N2O3.C5H11NO/c1-16-7-4-5-10-22(16)23-12-11-20(14-21(23)15-29-3)25-26-24(27-30-25)19-9-6-8-18(13-19)17(2)28;1-2-3-4-5(6)7/h4-14H,15H2,1-3H3;2-4H2,1H3,(H2,6,7). The van der Waals surface area contributed by atoms with Crippen LogP contribution in [0.5, 0.6) is 0 Å². The van der Waals surface area contributed by atoms with Gasteiger partial charge in [-0.3, -0.25) is 9.59 Å². The van der Waals surface area contributed by atoms with E-state index in [9.17, 15) is 9.59 Å². The summed E-state index contributed by atoms with van der Waals surface area (Å²) in [7, 11) is 1.68. The van der Waals surface area contributed by atoms with E-state index in [4.69, 9.17) is 15.0 Å². The van der Waals surface area contributed by atoms with Crippen molar-refractivity contribution in [2.24, 2.45) is 5.73 Å². The van der Waals surface area contributed by atoms with Gasteiger partial charge in [0.15, 0.2) is 5.78 Å². The number of primary amides is 1. The Balaban J connectivity index is 0.000000479. The SMILES string of the molecule is CCCCC(N)=O.COCc1cc(-c2nc(-c3cccc(C(C)=O)c3)no2)ccc1-c1ccccc1C. The highest BCUT2D eigenvalue weighted by molar-refractivity contribution is 5.95. The van der Waals surface area contributed by atoms with E-state index in [2.05, 4.69) is 35.3 Å². The quantitative estimate of drug-likeness (QED) is 0.267. The van der Waals surface area contributed by atoms with Crippen LogP contribution >= 0.6 is 0 Å². The Labute approximate surface area is 217 Å². The van der Waals surface area contributed by atoms with Gasteiger partial charge in [-0.1, -0.05) is 67.0 Å². The van der Waals surface area contributed by atoms with Gasteiger partial charge < -0.3 is 15.0 Å².